The van der Waals surface area contributed by atoms with E-state index in [9.17, 15) is 4.79 Å². The molecular weight excluding hydrogens is 306 g/mol. The van der Waals surface area contributed by atoms with Crippen LogP contribution in [-0.2, 0) is 4.79 Å². The largest absolute Gasteiger partial charge is 0.489 e. The average Bonchev–Trinajstić information content (AvgIpc) is 3.09. The molecule has 1 aliphatic heterocycles. The number of rotatable bonds is 4. The molecule has 0 unspecified atom stereocenters. The Morgan fingerprint density at radius 3 is 2.91 bits per heavy atom. The van der Waals surface area contributed by atoms with Crippen LogP contribution in [0.3, 0.4) is 0 Å². The van der Waals surface area contributed by atoms with Gasteiger partial charge in [-0.3, -0.25) is 4.79 Å². The minimum Gasteiger partial charge on any atom is -0.489 e. The minimum atomic E-state index is -0.201. The summed E-state index contributed by atoms with van der Waals surface area (Å²) in [5, 5.41) is 7.24. The Morgan fingerprint density at radius 2 is 2.27 bits per heavy atom. The smallest absolute Gasteiger partial charge is 0.249 e. The number of ether oxygens (including phenoxy) is 1. The van der Waals surface area contributed by atoms with Crippen LogP contribution >= 0.6 is 11.6 Å². The van der Waals surface area contributed by atoms with Crippen molar-refractivity contribution in [2.45, 2.75) is 38.8 Å². The fourth-order valence-electron chi connectivity index (χ4n) is 2.28. The molecule has 1 fully saturated rings. The van der Waals surface area contributed by atoms with E-state index in [-0.39, 0.29) is 18.1 Å². The van der Waals surface area contributed by atoms with Gasteiger partial charge in [0, 0.05) is 12.0 Å². The second-order valence-corrected chi connectivity index (χ2v) is 5.83. The van der Waals surface area contributed by atoms with Gasteiger partial charge < -0.3 is 14.6 Å². The highest BCUT2D eigenvalue weighted by Crippen LogP contribution is 2.31. The van der Waals surface area contributed by atoms with E-state index in [0.29, 0.717) is 35.3 Å². The Balaban J connectivity index is 1.81. The van der Waals surface area contributed by atoms with E-state index < -0.39 is 0 Å². The molecule has 1 N–H and O–H groups in total. The average molecular weight is 322 g/mol. The van der Waals surface area contributed by atoms with Gasteiger partial charge in [-0.25, -0.2) is 0 Å². The quantitative estimate of drug-likeness (QED) is 0.936. The topological polar surface area (TPSA) is 77.2 Å². The summed E-state index contributed by atoms with van der Waals surface area (Å²) in [6, 6.07) is 5.14. The van der Waals surface area contributed by atoms with Gasteiger partial charge in [-0.15, -0.1) is 0 Å². The van der Waals surface area contributed by atoms with Crippen molar-refractivity contribution in [1.29, 1.82) is 0 Å². The number of carbonyl (C=O) groups excluding carboxylic acids is 1. The maximum Gasteiger partial charge on any atom is 0.249 e. The van der Waals surface area contributed by atoms with E-state index in [2.05, 4.69) is 15.5 Å². The molecule has 0 saturated carbocycles. The van der Waals surface area contributed by atoms with Crippen LogP contribution in [0.5, 0.6) is 5.75 Å². The van der Waals surface area contributed by atoms with Gasteiger partial charge in [0.15, 0.2) is 0 Å². The lowest BCUT2D eigenvalue weighted by atomic mass is 10.2. The van der Waals surface area contributed by atoms with E-state index >= 15 is 0 Å². The zero-order valence-electron chi connectivity index (χ0n) is 12.3. The normalized spacial score (nSPS) is 17.8. The summed E-state index contributed by atoms with van der Waals surface area (Å²) >= 11 is 6.21. The van der Waals surface area contributed by atoms with Crippen LogP contribution in [0.15, 0.2) is 22.7 Å². The Labute approximate surface area is 132 Å². The van der Waals surface area contributed by atoms with E-state index in [1.807, 2.05) is 19.9 Å². The molecule has 0 aliphatic carbocycles. The Morgan fingerprint density at radius 1 is 1.45 bits per heavy atom. The second kappa shape index (κ2) is 5.96. The molecule has 1 aromatic carbocycles. The molecule has 116 valence electrons. The van der Waals surface area contributed by atoms with Crippen molar-refractivity contribution in [2.24, 2.45) is 0 Å². The molecule has 1 aliphatic rings. The standard InChI is InChI=1S/C15H16ClN3O3/c1-8(2)21-12-5-3-9(7-10(12)16)14-18-15(22-19-14)11-4-6-13(20)17-11/h3,5,7-8,11H,4,6H2,1-2H3,(H,17,20)/t11-/m1/s1. The van der Waals surface area contributed by atoms with Crippen LogP contribution in [0.25, 0.3) is 11.4 Å². The summed E-state index contributed by atoms with van der Waals surface area (Å²) in [4.78, 5) is 15.6. The third-order valence-corrected chi connectivity index (χ3v) is 3.58. The van der Waals surface area contributed by atoms with E-state index in [1.54, 1.807) is 12.1 Å². The van der Waals surface area contributed by atoms with Crippen molar-refractivity contribution >= 4 is 17.5 Å². The number of aromatic nitrogens is 2. The lowest BCUT2D eigenvalue weighted by Gasteiger charge is -2.11. The molecule has 0 spiro atoms. The van der Waals surface area contributed by atoms with Crippen molar-refractivity contribution in [3.05, 3.63) is 29.1 Å². The summed E-state index contributed by atoms with van der Waals surface area (Å²) in [6.45, 7) is 3.87. The third kappa shape index (κ3) is 3.06. The van der Waals surface area contributed by atoms with Gasteiger partial charge in [0.2, 0.25) is 17.6 Å². The molecule has 3 rings (SSSR count). The SMILES string of the molecule is CC(C)Oc1ccc(-c2noc([C@H]3CCC(=O)N3)n2)cc1Cl. The number of nitrogens with one attached hydrogen (secondary N) is 1. The van der Waals surface area contributed by atoms with Gasteiger partial charge in [-0.1, -0.05) is 16.8 Å². The zero-order valence-corrected chi connectivity index (χ0v) is 13.1. The third-order valence-electron chi connectivity index (χ3n) is 3.29. The molecule has 7 heteroatoms. The highest BCUT2D eigenvalue weighted by molar-refractivity contribution is 6.32. The summed E-state index contributed by atoms with van der Waals surface area (Å²) in [5.41, 5.74) is 0.737. The molecular formula is C15H16ClN3O3. The van der Waals surface area contributed by atoms with E-state index in [0.717, 1.165) is 5.56 Å². The maximum atomic E-state index is 11.2. The van der Waals surface area contributed by atoms with E-state index in [4.69, 9.17) is 20.9 Å². The first kappa shape index (κ1) is 14.8. The molecule has 0 bridgehead atoms. The molecule has 0 radical (unpaired) electrons. The minimum absolute atomic E-state index is 0.00276. The molecule has 2 aromatic rings. The highest BCUT2D eigenvalue weighted by atomic mass is 35.5. The van der Waals surface area contributed by atoms with Gasteiger partial charge in [0.1, 0.15) is 11.8 Å². The zero-order chi connectivity index (χ0) is 15.7. The van der Waals surface area contributed by atoms with Crippen LogP contribution in [-0.4, -0.2) is 22.2 Å². The summed E-state index contributed by atoms with van der Waals surface area (Å²) in [6.07, 6.45) is 1.20. The molecule has 6 nitrogen and oxygen atoms in total. The Hall–Kier alpha value is -2.08. The molecule has 1 aromatic heterocycles. The molecule has 2 heterocycles. The van der Waals surface area contributed by atoms with Crippen LogP contribution in [0.2, 0.25) is 5.02 Å². The summed E-state index contributed by atoms with van der Waals surface area (Å²) in [5.74, 6) is 1.48. The lowest BCUT2D eigenvalue weighted by molar-refractivity contribution is -0.119. The number of halogens is 1. The predicted molar refractivity (Wildman–Crippen MR) is 80.6 cm³/mol. The fraction of sp³-hybridized carbons (Fsp3) is 0.400. The van der Waals surface area contributed by atoms with E-state index in [1.165, 1.54) is 0 Å². The monoisotopic (exact) mass is 321 g/mol. The summed E-state index contributed by atoms with van der Waals surface area (Å²) < 4.78 is 10.8. The van der Waals surface area contributed by atoms with Crippen LogP contribution in [0.4, 0.5) is 0 Å². The highest BCUT2D eigenvalue weighted by Gasteiger charge is 2.27. The Kier molecular flexibility index (Phi) is 4.02. The predicted octanol–water partition coefficient (Wildman–Crippen LogP) is 3.13. The number of carbonyl (C=O) groups is 1. The second-order valence-electron chi connectivity index (χ2n) is 5.43. The molecule has 1 atom stereocenters. The number of hydrogen-bond acceptors (Lipinski definition) is 5. The molecule has 1 saturated heterocycles. The fourth-order valence-corrected chi connectivity index (χ4v) is 2.51. The number of nitrogens with zero attached hydrogens (tertiary/aromatic N) is 2. The van der Waals surface area contributed by atoms with Crippen molar-refractivity contribution < 1.29 is 14.1 Å². The van der Waals surface area contributed by atoms with Crippen molar-refractivity contribution in [1.82, 2.24) is 15.5 Å². The van der Waals surface area contributed by atoms with Gasteiger partial charge in [0.25, 0.3) is 0 Å². The molecule has 1 amide bonds. The lowest BCUT2D eigenvalue weighted by Crippen LogP contribution is -2.18. The molecule has 22 heavy (non-hydrogen) atoms. The van der Waals surface area contributed by atoms with Crippen molar-refractivity contribution in [3.8, 4) is 17.1 Å². The summed E-state index contributed by atoms with van der Waals surface area (Å²) in [7, 11) is 0. The first-order valence-electron chi connectivity index (χ1n) is 7.12. The van der Waals surface area contributed by atoms with Gasteiger partial charge in [0.05, 0.1) is 11.1 Å². The van der Waals surface area contributed by atoms with Crippen LogP contribution in [0.1, 0.15) is 38.6 Å². The van der Waals surface area contributed by atoms with Crippen molar-refractivity contribution in [2.75, 3.05) is 0 Å². The van der Waals surface area contributed by atoms with Gasteiger partial charge >= 0.3 is 0 Å². The van der Waals surface area contributed by atoms with Crippen LogP contribution in [0, 0.1) is 0 Å². The first-order chi connectivity index (χ1) is 10.5. The van der Waals surface area contributed by atoms with Crippen molar-refractivity contribution in [3.63, 3.8) is 0 Å². The van der Waals surface area contributed by atoms with Crippen LogP contribution < -0.4 is 10.1 Å². The first-order valence-corrected chi connectivity index (χ1v) is 7.50. The maximum absolute atomic E-state index is 11.2. The Bertz CT molecular complexity index is 699. The number of hydrogen-bond donors (Lipinski definition) is 1. The number of amides is 1. The van der Waals surface area contributed by atoms with Gasteiger partial charge in [-0.05, 0) is 38.5 Å². The number of benzene rings is 1. The van der Waals surface area contributed by atoms with Gasteiger partial charge in [-0.2, -0.15) is 4.98 Å².